The summed E-state index contributed by atoms with van der Waals surface area (Å²) in [6, 6.07) is 0. The Kier molecular flexibility index (Phi) is 6.89. The molecule has 5 heteroatoms. The highest BCUT2D eigenvalue weighted by Gasteiger charge is 2.59. The fraction of sp³-hybridized carbons (Fsp3) is 0.812. The van der Waals surface area contributed by atoms with Crippen LogP contribution in [0.2, 0.25) is 36.3 Å². The van der Waals surface area contributed by atoms with Crippen molar-refractivity contribution in [2.75, 3.05) is 0 Å². The molecular weight excluding hydrogens is 489 g/mol. The van der Waals surface area contributed by atoms with Crippen LogP contribution >= 0.6 is 0 Å². The van der Waals surface area contributed by atoms with E-state index in [1.54, 1.807) is 0 Å². The van der Waals surface area contributed by atoms with Gasteiger partial charge in [-0.1, -0.05) is 69.2 Å². The zero-order valence-electron chi connectivity index (χ0n) is 26.6. The van der Waals surface area contributed by atoms with Crippen LogP contribution in [0.1, 0.15) is 101 Å². The van der Waals surface area contributed by atoms with Gasteiger partial charge in [0.2, 0.25) is 8.32 Å². The van der Waals surface area contributed by atoms with Gasteiger partial charge >= 0.3 is 0 Å². The Labute approximate surface area is 230 Å². The zero-order valence-corrected chi connectivity index (χ0v) is 28.6. The summed E-state index contributed by atoms with van der Waals surface area (Å²) >= 11 is 0. The summed E-state index contributed by atoms with van der Waals surface area (Å²) in [5.41, 5.74) is 3.05. The lowest BCUT2D eigenvalue weighted by atomic mass is 9.63. The Balaban J connectivity index is 1.90. The molecule has 1 aliphatic heterocycles. The van der Waals surface area contributed by atoms with Gasteiger partial charge in [-0.3, -0.25) is 0 Å². The molecule has 0 amide bonds. The molecule has 4 rings (SSSR count). The molecule has 0 aromatic rings. The predicted molar refractivity (Wildman–Crippen MR) is 161 cm³/mol. The van der Waals surface area contributed by atoms with Gasteiger partial charge in [-0.2, -0.15) is 0 Å². The molecule has 3 aliphatic carbocycles. The second kappa shape index (κ2) is 8.78. The first-order valence-electron chi connectivity index (χ1n) is 14.9. The van der Waals surface area contributed by atoms with Gasteiger partial charge in [0.15, 0.2) is 0 Å². The molecule has 3 nitrogen and oxygen atoms in total. The maximum absolute atomic E-state index is 7.20. The highest BCUT2D eigenvalue weighted by atomic mass is 28.4. The van der Waals surface area contributed by atoms with Crippen LogP contribution in [0.5, 0.6) is 0 Å². The lowest BCUT2D eigenvalue weighted by molar-refractivity contribution is 0.130. The standard InChI is InChI=1S/C32H56O3Si2/c1-21(2)23-20-24(34-36(11,12)29(3,4)5)26-27-25-22(28(33-27)35-37(13,14)30(6,7)8)16-15-17-31(25,9)18-19-32(23,26)10/h20-21,23,25H,15-19H2,1-14H3/t23-,25+,31+,32-/m1/s1. The molecule has 4 aliphatic rings. The molecule has 0 N–H and O–H groups in total. The molecule has 1 heterocycles. The average molecular weight is 545 g/mol. The third-order valence-corrected chi connectivity index (χ3v) is 20.0. The van der Waals surface area contributed by atoms with Gasteiger partial charge in [-0.15, -0.1) is 0 Å². The molecule has 4 atom stereocenters. The summed E-state index contributed by atoms with van der Waals surface area (Å²) in [6.07, 6.45) is 8.50. The third-order valence-electron chi connectivity index (χ3n) is 11.4. The molecule has 0 spiro atoms. The van der Waals surface area contributed by atoms with Crippen molar-refractivity contribution < 1.29 is 13.6 Å². The van der Waals surface area contributed by atoms with Crippen molar-refractivity contribution in [3.8, 4) is 0 Å². The zero-order chi connectivity index (χ0) is 28.0. The maximum Gasteiger partial charge on any atom is 0.270 e. The van der Waals surface area contributed by atoms with E-state index in [4.69, 9.17) is 13.6 Å². The first-order chi connectivity index (χ1) is 16.6. The minimum atomic E-state index is -2.04. The van der Waals surface area contributed by atoms with Crippen LogP contribution < -0.4 is 0 Å². The molecule has 0 unspecified atom stereocenters. The van der Waals surface area contributed by atoms with Gasteiger partial charge in [0.25, 0.3) is 14.3 Å². The smallest absolute Gasteiger partial charge is 0.270 e. The van der Waals surface area contributed by atoms with Crippen molar-refractivity contribution >= 4 is 16.6 Å². The molecule has 0 radical (unpaired) electrons. The van der Waals surface area contributed by atoms with Crippen molar-refractivity contribution in [2.45, 2.75) is 138 Å². The van der Waals surface area contributed by atoms with E-state index in [-0.39, 0.29) is 20.9 Å². The first-order valence-corrected chi connectivity index (χ1v) is 20.7. The van der Waals surface area contributed by atoms with Crippen molar-refractivity contribution in [1.29, 1.82) is 0 Å². The van der Waals surface area contributed by atoms with E-state index < -0.39 is 16.6 Å². The fourth-order valence-corrected chi connectivity index (χ4v) is 8.77. The summed E-state index contributed by atoms with van der Waals surface area (Å²) in [6.45, 7) is 33.2. The molecule has 0 aromatic carbocycles. The number of hydrogen-bond acceptors (Lipinski definition) is 3. The van der Waals surface area contributed by atoms with E-state index in [1.807, 2.05) is 0 Å². The fourth-order valence-electron chi connectivity index (χ4n) is 6.81. The van der Waals surface area contributed by atoms with E-state index in [1.165, 1.54) is 42.6 Å². The minimum absolute atomic E-state index is 0.0269. The number of ether oxygens (including phenoxy) is 1. The van der Waals surface area contributed by atoms with Crippen LogP contribution in [0.25, 0.3) is 0 Å². The summed E-state index contributed by atoms with van der Waals surface area (Å²) in [5, 5.41) is 0.275. The van der Waals surface area contributed by atoms with E-state index in [2.05, 4.69) is 102 Å². The van der Waals surface area contributed by atoms with Crippen LogP contribution in [0, 0.1) is 28.6 Å². The molecule has 1 saturated carbocycles. The van der Waals surface area contributed by atoms with E-state index in [0.717, 1.165) is 18.1 Å². The van der Waals surface area contributed by atoms with Gasteiger partial charge in [-0.05, 0) is 91.7 Å². The Morgan fingerprint density at radius 3 is 2.00 bits per heavy atom. The molecule has 0 saturated heterocycles. The molecule has 37 heavy (non-hydrogen) atoms. The van der Waals surface area contributed by atoms with Crippen molar-refractivity contribution in [3.05, 3.63) is 34.7 Å². The quantitative estimate of drug-likeness (QED) is 0.322. The second-order valence-electron chi connectivity index (χ2n) is 16.5. The van der Waals surface area contributed by atoms with Crippen LogP contribution in [-0.2, 0) is 13.6 Å². The molecule has 1 fully saturated rings. The van der Waals surface area contributed by atoms with Gasteiger partial charge in [0.05, 0.1) is 5.92 Å². The van der Waals surface area contributed by atoms with Crippen molar-refractivity contribution in [1.82, 2.24) is 0 Å². The average Bonchev–Trinajstić information content (AvgIpc) is 3.17. The van der Waals surface area contributed by atoms with Crippen LogP contribution in [0.4, 0.5) is 0 Å². The van der Waals surface area contributed by atoms with Gasteiger partial charge in [0.1, 0.15) is 11.5 Å². The van der Waals surface area contributed by atoms with Crippen molar-refractivity contribution in [3.63, 3.8) is 0 Å². The lowest BCUT2D eigenvalue weighted by Crippen LogP contribution is -2.41. The Morgan fingerprint density at radius 2 is 1.46 bits per heavy atom. The minimum Gasteiger partial charge on any atom is -0.543 e. The van der Waals surface area contributed by atoms with Crippen LogP contribution in [-0.4, -0.2) is 16.6 Å². The largest absolute Gasteiger partial charge is 0.543 e. The monoisotopic (exact) mass is 544 g/mol. The Bertz CT molecular complexity index is 1030. The van der Waals surface area contributed by atoms with E-state index in [9.17, 15) is 0 Å². The predicted octanol–water partition coefficient (Wildman–Crippen LogP) is 10.3. The first kappa shape index (κ1) is 29.0. The highest BCUT2D eigenvalue weighted by Crippen LogP contribution is 2.66. The normalized spacial score (nSPS) is 32.7. The van der Waals surface area contributed by atoms with E-state index in [0.29, 0.717) is 17.8 Å². The summed E-state index contributed by atoms with van der Waals surface area (Å²) in [5.74, 6) is 4.48. The van der Waals surface area contributed by atoms with Crippen LogP contribution in [0.15, 0.2) is 34.7 Å². The second-order valence-corrected chi connectivity index (χ2v) is 26.0. The van der Waals surface area contributed by atoms with Gasteiger partial charge in [0, 0.05) is 16.6 Å². The lowest BCUT2D eigenvalue weighted by Gasteiger charge is -2.41. The summed E-state index contributed by atoms with van der Waals surface area (Å²) in [4.78, 5) is 0. The SMILES string of the molecule is CC(C)[C@H]1C=C(O[Si](C)(C)C(C)(C)C)C2=C3OC(O[Si](C)(C)C(C)(C)C)=C4CCC[C@@](C)(CC[C@@]21C)[C@@H]43. The molecular formula is C32H56O3Si2. The Morgan fingerprint density at radius 1 is 0.892 bits per heavy atom. The van der Waals surface area contributed by atoms with Gasteiger partial charge < -0.3 is 13.6 Å². The molecule has 210 valence electrons. The number of rotatable bonds is 5. The molecule has 0 aromatic heterocycles. The van der Waals surface area contributed by atoms with Gasteiger partial charge in [-0.25, -0.2) is 0 Å². The topological polar surface area (TPSA) is 27.7 Å². The number of fused-ring (bicyclic) bond motifs is 1. The van der Waals surface area contributed by atoms with E-state index >= 15 is 0 Å². The third kappa shape index (κ3) is 4.62. The van der Waals surface area contributed by atoms with Crippen molar-refractivity contribution in [2.24, 2.45) is 28.6 Å². The van der Waals surface area contributed by atoms with Crippen LogP contribution in [0.3, 0.4) is 0 Å². The summed E-state index contributed by atoms with van der Waals surface area (Å²) < 4.78 is 21.2. The number of hydrogen-bond donors (Lipinski definition) is 0. The maximum atomic E-state index is 7.20. The Hall–Kier alpha value is -0.946. The number of allylic oxidation sites excluding steroid dienone is 3. The molecule has 0 bridgehead atoms. The summed E-state index contributed by atoms with van der Waals surface area (Å²) in [7, 11) is -4.06. The highest BCUT2D eigenvalue weighted by molar-refractivity contribution is 6.74.